The number of carbonyl (C=O) groups excluding carboxylic acids is 1. The third-order valence-corrected chi connectivity index (χ3v) is 6.11. The number of nitrogens with one attached hydrogen (secondary N) is 3. The Morgan fingerprint density at radius 3 is 2.57 bits per heavy atom. The number of benzene rings is 3. The molecular weight excluding hydrogens is 466 g/mol. The van der Waals surface area contributed by atoms with E-state index in [1.807, 2.05) is 80.7 Å². The van der Waals surface area contributed by atoms with Crippen LogP contribution in [0.25, 0.3) is 32.9 Å². The second-order valence-electron chi connectivity index (χ2n) is 9.24. The van der Waals surface area contributed by atoms with Crippen molar-refractivity contribution in [1.29, 1.82) is 0 Å². The number of amides is 1. The molecule has 5 rings (SSSR count). The zero-order valence-corrected chi connectivity index (χ0v) is 20.8. The SMILES string of the molecule is CC(C)Oc1ccc(CCCOC(=O)Nc2ccc3cc(-c4c[nH]c5ccccc45)c(=O)[nH]c3c2)cc1. The summed E-state index contributed by atoms with van der Waals surface area (Å²) in [6.45, 7) is 4.29. The number of aromatic nitrogens is 2. The zero-order valence-electron chi connectivity index (χ0n) is 20.8. The van der Waals surface area contributed by atoms with Crippen molar-refractivity contribution < 1.29 is 14.3 Å². The van der Waals surface area contributed by atoms with Crippen molar-refractivity contribution >= 4 is 33.6 Å². The van der Waals surface area contributed by atoms with Gasteiger partial charge in [-0.15, -0.1) is 0 Å². The van der Waals surface area contributed by atoms with Gasteiger partial charge in [0.15, 0.2) is 0 Å². The number of fused-ring (bicyclic) bond motifs is 2. The quantitative estimate of drug-likeness (QED) is 0.210. The van der Waals surface area contributed by atoms with Crippen molar-refractivity contribution in [2.24, 2.45) is 0 Å². The van der Waals surface area contributed by atoms with E-state index in [4.69, 9.17) is 9.47 Å². The highest BCUT2D eigenvalue weighted by Crippen LogP contribution is 2.28. The average Bonchev–Trinajstić information content (AvgIpc) is 3.31. The first-order valence-corrected chi connectivity index (χ1v) is 12.4. The maximum absolute atomic E-state index is 12.9. The van der Waals surface area contributed by atoms with Crippen LogP contribution < -0.4 is 15.6 Å². The van der Waals surface area contributed by atoms with E-state index in [-0.39, 0.29) is 11.7 Å². The van der Waals surface area contributed by atoms with E-state index in [1.54, 1.807) is 12.1 Å². The molecule has 0 bridgehead atoms. The molecule has 188 valence electrons. The van der Waals surface area contributed by atoms with Gasteiger partial charge in [0.2, 0.25) is 0 Å². The highest BCUT2D eigenvalue weighted by molar-refractivity contribution is 5.98. The summed E-state index contributed by atoms with van der Waals surface area (Å²) in [5.41, 5.74) is 4.57. The van der Waals surface area contributed by atoms with E-state index in [2.05, 4.69) is 15.3 Å². The summed E-state index contributed by atoms with van der Waals surface area (Å²) in [4.78, 5) is 31.3. The molecule has 0 unspecified atom stereocenters. The number of hydrogen-bond acceptors (Lipinski definition) is 4. The van der Waals surface area contributed by atoms with Crippen LogP contribution in [0.3, 0.4) is 0 Å². The van der Waals surface area contributed by atoms with E-state index in [0.717, 1.165) is 39.6 Å². The highest BCUT2D eigenvalue weighted by atomic mass is 16.5. The van der Waals surface area contributed by atoms with Gasteiger partial charge in [0.05, 0.1) is 18.2 Å². The fourth-order valence-corrected chi connectivity index (χ4v) is 4.38. The van der Waals surface area contributed by atoms with Gasteiger partial charge in [-0.2, -0.15) is 0 Å². The van der Waals surface area contributed by atoms with Crippen LogP contribution in [-0.4, -0.2) is 28.8 Å². The predicted molar refractivity (Wildman–Crippen MR) is 147 cm³/mol. The van der Waals surface area contributed by atoms with Crippen LogP contribution in [0.2, 0.25) is 0 Å². The molecule has 3 N–H and O–H groups in total. The number of H-pyrrole nitrogens is 2. The molecule has 7 heteroatoms. The van der Waals surface area contributed by atoms with Crippen LogP contribution in [-0.2, 0) is 11.2 Å². The summed E-state index contributed by atoms with van der Waals surface area (Å²) in [5, 5.41) is 4.60. The Kier molecular flexibility index (Phi) is 6.94. The molecule has 2 heterocycles. The number of rotatable bonds is 8. The van der Waals surface area contributed by atoms with Crippen LogP contribution in [0.4, 0.5) is 10.5 Å². The van der Waals surface area contributed by atoms with Crippen LogP contribution >= 0.6 is 0 Å². The lowest BCUT2D eigenvalue weighted by molar-refractivity contribution is 0.160. The Morgan fingerprint density at radius 2 is 1.76 bits per heavy atom. The third-order valence-electron chi connectivity index (χ3n) is 6.11. The lowest BCUT2D eigenvalue weighted by atomic mass is 10.0. The maximum Gasteiger partial charge on any atom is 0.411 e. The number of hydrogen-bond donors (Lipinski definition) is 3. The topological polar surface area (TPSA) is 96.2 Å². The minimum absolute atomic E-state index is 0.142. The van der Waals surface area contributed by atoms with Crippen molar-refractivity contribution in [2.45, 2.75) is 32.8 Å². The van der Waals surface area contributed by atoms with Crippen molar-refractivity contribution in [3.8, 4) is 16.9 Å². The Balaban J connectivity index is 1.18. The van der Waals surface area contributed by atoms with Gasteiger partial charge in [-0.1, -0.05) is 36.4 Å². The van der Waals surface area contributed by atoms with Crippen molar-refractivity contribution in [3.05, 3.63) is 94.9 Å². The normalized spacial score (nSPS) is 11.2. The molecule has 0 radical (unpaired) electrons. The lowest BCUT2D eigenvalue weighted by Gasteiger charge is -2.10. The van der Waals surface area contributed by atoms with Crippen molar-refractivity contribution in [3.63, 3.8) is 0 Å². The zero-order chi connectivity index (χ0) is 25.8. The standard InChI is InChI=1S/C30H29N3O4/c1-19(2)37-23-13-9-20(10-14-23)6-5-15-36-30(35)32-22-12-11-21-16-25(29(34)33-28(21)17-22)26-18-31-27-8-4-3-7-24(26)27/h3-4,7-14,16-19,31H,5-6,15H2,1-2H3,(H,32,35)(H,33,34). The lowest BCUT2D eigenvalue weighted by Crippen LogP contribution is -2.15. The van der Waals surface area contributed by atoms with Crippen LogP contribution in [0, 0.1) is 0 Å². The number of pyridine rings is 1. The number of ether oxygens (including phenoxy) is 2. The molecule has 0 saturated carbocycles. The first-order valence-electron chi connectivity index (χ1n) is 12.4. The Labute approximate surface area is 214 Å². The Hall–Kier alpha value is -4.52. The molecule has 3 aromatic carbocycles. The molecule has 0 aliphatic carbocycles. The number of anilines is 1. The van der Waals surface area contributed by atoms with Crippen LogP contribution in [0.15, 0.2) is 83.8 Å². The molecule has 0 atom stereocenters. The monoisotopic (exact) mass is 495 g/mol. The van der Waals surface area contributed by atoms with Gasteiger partial charge in [-0.25, -0.2) is 4.79 Å². The van der Waals surface area contributed by atoms with Gasteiger partial charge < -0.3 is 19.4 Å². The molecule has 0 aliphatic rings. The van der Waals surface area contributed by atoms with Gasteiger partial charge in [0, 0.05) is 33.9 Å². The van der Waals surface area contributed by atoms with Gasteiger partial charge >= 0.3 is 6.09 Å². The predicted octanol–water partition coefficient (Wildman–Crippen LogP) is 6.64. The molecule has 1 amide bonds. The fourth-order valence-electron chi connectivity index (χ4n) is 4.38. The second-order valence-corrected chi connectivity index (χ2v) is 9.24. The highest BCUT2D eigenvalue weighted by Gasteiger charge is 2.12. The number of para-hydroxylation sites is 1. The first-order chi connectivity index (χ1) is 18.0. The van der Waals surface area contributed by atoms with Crippen LogP contribution in [0.1, 0.15) is 25.8 Å². The molecule has 5 aromatic rings. The Bertz CT molecular complexity index is 1600. The van der Waals surface area contributed by atoms with E-state index >= 15 is 0 Å². The molecule has 0 fully saturated rings. The molecule has 0 spiro atoms. The number of aryl methyl sites for hydroxylation is 1. The van der Waals surface area contributed by atoms with Gasteiger partial charge in [0.1, 0.15) is 5.75 Å². The summed E-state index contributed by atoms with van der Waals surface area (Å²) >= 11 is 0. The number of carbonyl (C=O) groups is 1. The maximum atomic E-state index is 12.9. The molecule has 7 nitrogen and oxygen atoms in total. The Morgan fingerprint density at radius 1 is 0.946 bits per heavy atom. The summed E-state index contributed by atoms with van der Waals surface area (Å²) < 4.78 is 11.0. The molecule has 37 heavy (non-hydrogen) atoms. The average molecular weight is 496 g/mol. The largest absolute Gasteiger partial charge is 0.491 e. The minimum atomic E-state index is -0.530. The molecule has 0 saturated heterocycles. The minimum Gasteiger partial charge on any atom is -0.491 e. The third kappa shape index (κ3) is 5.67. The summed E-state index contributed by atoms with van der Waals surface area (Å²) in [6.07, 6.45) is 2.97. The van der Waals surface area contributed by atoms with Gasteiger partial charge in [0.25, 0.3) is 5.56 Å². The van der Waals surface area contributed by atoms with Gasteiger partial charge in [-0.3, -0.25) is 10.1 Å². The van der Waals surface area contributed by atoms with E-state index < -0.39 is 6.09 Å². The van der Waals surface area contributed by atoms with E-state index in [9.17, 15) is 9.59 Å². The molecular formula is C30H29N3O4. The van der Waals surface area contributed by atoms with Crippen LogP contribution in [0.5, 0.6) is 5.75 Å². The molecule has 2 aromatic heterocycles. The summed E-state index contributed by atoms with van der Waals surface area (Å²) in [5.74, 6) is 0.847. The fraction of sp³-hybridized carbons (Fsp3) is 0.200. The second kappa shape index (κ2) is 10.6. The van der Waals surface area contributed by atoms with Gasteiger partial charge in [-0.05, 0) is 74.0 Å². The van der Waals surface area contributed by atoms with Crippen molar-refractivity contribution in [2.75, 3.05) is 11.9 Å². The van der Waals surface area contributed by atoms with Crippen molar-refractivity contribution in [1.82, 2.24) is 9.97 Å². The smallest absolute Gasteiger partial charge is 0.411 e. The molecule has 0 aliphatic heterocycles. The van der Waals surface area contributed by atoms with E-state index in [0.29, 0.717) is 29.8 Å². The first kappa shape index (κ1) is 24.2. The summed E-state index contributed by atoms with van der Waals surface area (Å²) in [7, 11) is 0. The number of aromatic amines is 2. The summed E-state index contributed by atoms with van der Waals surface area (Å²) in [6, 6.07) is 23.1. The van der Waals surface area contributed by atoms with E-state index in [1.165, 1.54) is 0 Å².